The van der Waals surface area contributed by atoms with Crippen LogP contribution in [0.4, 0.5) is 8.78 Å². The smallest absolute Gasteiger partial charge is 0.259 e. The van der Waals surface area contributed by atoms with Gasteiger partial charge in [-0.25, -0.2) is 13.8 Å². The van der Waals surface area contributed by atoms with Crippen LogP contribution in [0, 0.1) is 17.6 Å². The van der Waals surface area contributed by atoms with Gasteiger partial charge in [0, 0.05) is 25.7 Å². The summed E-state index contributed by atoms with van der Waals surface area (Å²) in [5.74, 6) is -1.77. The van der Waals surface area contributed by atoms with Crippen LogP contribution in [-0.4, -0.2) is 70.6 Å². The molecule has 1 N–H and O–H groups in total. The number of carbonyl (C=O) groups is 2. The number of nitrogens with zero attached hydrogens (tertiary/aromatic N) is 3. The number of halogens is 2. The van der Waals surface area contributed by atoms with E-state index in [9.17, 15) is 23.5 Å². The van der Waals surface area contributed by atoms with E-state index in [1.165, 1.54) is 35.2 Å². The molecule has 0 unspecified atom stereocenters. The monoisotopic (exact) mass is 537 g/mol. The Bertz CT molecular complexity index is 1320. The average molecular weight is 538 g/mol. The number of ether oxygens (including phenoxy) is 1. The third kappa shape index (κ3) is 6.60. The van der Waals surface area contributed by atoms with Gasteiger partial charge in [-0.1, -0.05) is 31.2 Å². The zero-order valence-electron chi connectivity index (χ0n) is 22.3. The van der Waals surface area contributed by atoms with Crippen LogP contribution in [0.1, 0.15) is 45.7 Å². The molecule has 0 spiro atoms. The molecule has 7 nitrogen and oxygen atoms in total. The second kappa shape index (κ2) is 12.3. The maximum atomic E-state index is 14.2. The number of amides is 2. The first-order valence-corrected chi connectivity index (χ1v) is 13.0. The molecule has 9 heteroatoms. The molecule has 39 heavy (non-hydrogen) atoms. The highest BCUT2D eigenvalue weighted by atomic mass is 19.1. The van der Waals surface area contributed by atoms with E-state index in [0.29, 0.717) is 12.8 Å². The summed E-state index contributed by atoms with van der Waals surface area (Å²) in [6, 6.07) is 13.4. The quantitative estimate of drug-likeness (QED) is 0.467. The molecule has 1 aliphatic rings. The fraction of sp³-hybridized carbons (Fsp3) is 0.367. The van der Waals surface area contributed by atoms with E-state index in [-0.39, 0.29) is 54.3 Å². The van der Waals surface area contributed by atoms with Crippen LogP contribution in [0.5, 0.6) is 5.88 Å². The molecule has 0 saturated heterocycles. The number of carbonyl (C=O) groups excluding carboxylic acids is 2. The fourth-order valence-electron chi connectivity index (χ4n) is 4.63. The Hall–Kier alpha value is -3.85. The summed E-state index contributed by atoms with van der Waals surface area (Å²) in [5, 5.41) is 9.87. The van der Waals surface area contributed by atoms with Crippen molar-refractivity contribution in [3.63, 3.8) is 0 Å². The van der Waals surface area contributed by atoms with Crippen molar-refractivity contribution in [3.05, 3.63) is 94.7 Å². The molecular weight excluding hydrogens is 504 g/mol. The third-order valence-electron chi connectivity index (χ3n) is 7.10. The number of fused-ring (bicyclic) bond motifs is 1. The number of pyridine rings is 1. The summed E-state index contributed by atoms with van der Waals surface area (Å²) in [7, 11) is 1.58. The first kappa shape index (κ1) is 28.2. The van der Waals surface area contributed by atoms with Gasteiger partial charge in [-0.3, -0.25) is 9.59 Å². The maximum absolute atomic E-state index is 14.2. The number of likely N-dealkylation sites (N-methyl/N-ethyl adjacent to an activating group) is 1. The second-order valence-corrected chi connectivity index (χ2v) is 10.1. The van der Waals surface area contributed by atoms with Crippen molar-refractivity contribution in [2.24, 2.45) is 5.92 Å². The Morgan fingerprint density at radius 2 is 1.85 bits per heavy atom. The number of benzene rings is 2. The van der Waals surface area contributed by atoms with E-state index in [0.717, 1.165) is 11.1 Å². The highest BCUT2D eigenvalue weighted by Crippen LogP contribution is 2.28. The maximum Gasteiger partial charge on any atom is 0.259 e. The van der Waals surface area contributed by atoms with Crippen molar-refractivity contribution in [2.45, 2.75) is 38.8 Å². The van der Waals surface area contributed by atoms with Gasteiger partial charge in [0.2, 0.25) is 5.88 Å². The Morgan fingerprint density at radius 1 is 1.15 bits per heavy atom. The van der Waals surface area contributed by atoms with E-state index in [1.54, 1.807) is 49.3 Å². The third-order valence-corrected chi connectivity index (χ3v) is 7.10. The number of aryl methyl sites for hydroxylation is 2. The van der Waals surface area contributed by atoms with Crippen molar-refractivity contribution in [3.8, 4) is 5.88 Å². The minimum atomic E-state index is -0.602. The van der Waals surface area contributed by atoms with Gasteiger partial charge in [0.15, 0.2) is 0 Å². The molecule has 3 atom stereocenters. The van der Waals surface area contributed by atoms with Crippen LogP contribution in [0.25, 0.3) is 0 Å². The molecule has 2 aromatic carbocycles. The van der Waals surface area contributed by atoms with Gasteiger partial charge in [0.25, 0.3) is 11.8 Å². The van der Waals surface area contributed by atoms with Gasteiger partial charge in [-0.2, -0.15) is 0 Å². The number of hydrogen-bond acceptors (Lipinski definition) is 5. The Balaban J connectivity index is 1.60. The summed E-state index contributed by atoms with van der Waals surface area (Å²) in [6.45, 7) is 3.87. The minimum Gasteiger partial charge on any atom is -0.472 e. The molecule has 1 aromatic heterocycles. The van der Waals surface area contributed by atoms with Crippen molar-refractivity contribution in [2.75, 3.05) is 26.7 Å². The van der Waals surface area contributed by atoms with Crippen LogP contribution in [0.15, 0.2) is 60.8 Å². The molecule has 1 aliphatic heterocycles. The number of aliphatic hydroxyl groups excluding tert-OH is 1. The summed E-state index contributed by atoms with van der Waals surface area (Å²) < 4.78 is 33.7. The van der Waals surface area contributed by atoms with Crippen molar-refractivity contribution >= 4 is 11.8 Å². The molecule has 2 amide bonds. The molecule has 0 aliphatic carbocycles. The highest BCUT2D eigenvalue weighted by molar-refractivity contribution is 5.97. The predicted molar refractivity (Wildman–Crippen MR) is 143 cm³/mol. The molecular formula is C30H33F2N3O4. The van der Waals surface area contributed by atoms with Crippen molar-refractivity contribution in [1.29, 1.82) is 0 Å². The lowest BCUT2D eigenvalue weighted by atomic mass is 9.99. The summed E-state index contributed by atoms with van der Waals surface area (Å²) >= 11 is 0. The van der Waals surface area contributed by atoms with E-state index < -0.39 is 23.9 Å². The highest BCUT2D eigenvalue weighted by Gasteiger charge is 2.35. The lowest BCUT2D eigenvalue weighted by molar-refractivity contribution is 0.0312. The first-order valence-electron chi connectivity index (χ1n) is 13.0. The molecule has 206 valence electrons. The SMILES string of the molecule is C[C@H](CO)N1C[C@H](C)[C@H](CN(C)C(=O)c2ccccc2F)Oc2ncc(CCc3ccc(F)cc3)cc2C1=O. The molecule has 4 rings (SSSR count). The topological polar surface area (TPSA) is 83.0 Å². The van der Waals surface area contributed by atoms with Gasteiger partial charge in [0.1, 0.15) is 23.3 Å². The van der Waals surface area contributed by atoms with Crippen LogP contribution < -0.4 is 4.74 Å². The van der Waals surface area contributed by atoms with E-state index in [2.05, 4.69) is 4.98 Å². The van der Waals surface area contributed by atoms with E-state index >= 15 is 0 Å². The summed E-state index contributed by atoms with van der Waals surface area (Å²) in [6.07, 6.45) is 2.31. The molecule has 3 aromatic rings. The lowest BCUT2D eigenvalue weighted by Gasteiger charge is -2.37. The number of aromatic nitrogens is 1. The second-order valence-electron chi connectivity index (χ2n) is 10.1. The lowest BCUT2D eigenvalue weighted by Crippen LogP contribution is -2.50. The Labute approximate surface area is 227 Å². The molecule has 0 bridgehead atoms. The van der Waals surface area contributed by atoms with Crippen LogP contribution in [0.3, 0.4) is 0 Å². The molecule has 2 heterocycles. The molecule has 0 radical (unpaired) electrons. The summed E-state index contributed by atoms with van der Waals surface area (Å²) in [5.41, 5.74) is 2.00. The normalized spacial score (nSPS) is 18.0. The Morgan fingerprint density at radius 3 is 2.54 bits per heavy atom. The van der Waals surface area contributed by atoms with Gasteiger partial charge in [0.05, 0.1) is 24.8 Å². The van der Waals surface area contributed by atoms with Gasteiger partial charge >= 0.3 is 0 Å². The number of aliphatic hydroxyl groups is 1. The average Bonchev–Trinajstić information content (AvgIpc) is 2.94. The minimum absolute atomic E-state index is 0.0338. The van der Waals surface area contributed by atoms with Crippen molar-refractivity contribution in [1.82, 2.24) is 14.8 Å². The van der Waals surface area contributed by atoms with Crippen LogP contribution >= 0.6 is 0 Å². The zero-order valence-corrected chi connectivity index (χ0v) is 22.3. The zero-order chi connectivity index (χ0) is 28.1. The predicted octanol–water partition coefficient (Wildman–Crippen LogP) is 4.14. The van der Waals surface area contributed by atoms with Crippen molar-refractivity contribution < 1.29 is 28.2 Å². The van der Waals surface area contributed by atoms with Gasteiger partial charge in [-0.05, 0) is 61.2 Å². The number of rotatable bonds is 8. The summed E-state index contributed by atoms with van der Waals surface area (Å²) in [4.78, 5) is 34.0. The largest absolute Gasteiger partial charge is 0.472 e. The van der Waals surface area contributed by atoms with Gasteiger partial charge < -0.3 is 19.6 Å². The van der Waals surface area contributed by atoms with Crippen LogP contribution in [-0.2, 0) is 12.8 Å². The molecule has 0 fully saturated rings. The van der Waals surface area contributed by atoms with E-state index in [1.807, 2.05) is 6.92 Å². The first-order chi connectivity index (χ1) is 18.7. The standard InChI is InChI=1S/C30H33F2N3O4/c1-19-16-35(20(2)18-36)30(38)25-14-22(9-8-21-10-12-23(31)13-11-21)15-33-28(25)39-27(19)17-34(3)29(37)24-6-4-5-7-26(24)32/h4-7,10-15,19-20,27,36H,8-9,16-18H2,1-3H3/t19-,20+,27-/m0/s1. The fourth-order valence-corrected chi connectivity index (χ4v) is 4.63. The number of hydrogen-bond donors (Lipinski definition) is 1. The Kier molecular flexibility index (Phi) is 8.91. The molecule has 0 saturated carbocycles. The van der Waals surface area contributed by atoms with E-state index in [4.69, 9.17) is 4.74 Å². The van der Waals surface area contributed by atoms with Crippen LogP contribution in [0.2, 0.25) is 0 Å². The van der Waals surface area contributed by atoms with Gasteiger partial charge in [-0.15, -0.1) is 0 Å².